The van der Waals surface area contributed by atoms with Gasteiger partial charge in [0.15, 0.2) is 0 Å². The second-order valence-electron chi connectivity index (χ2n) is 6.17. The van der Waals surface area contributed by atoms with Gasteiger partial charge >= 0.3 is 0 Å². The van der Waals surface area contributed by atoms with Gasteiger partial charge in [-0.15, -0.1) is 11.3 Å². The summed E-state index contributed by atoms with van der Waals surface area (Å²) in [4.78, 5) is 1.45. The van der Waals surface area contributed by atoms with Crippen LogP contribution in [0.25, 0.3) is 0 Å². The summed E-state index contributed by atoms with van der Waals surface area (Å²) in [6.07, 6.45) is 4.24. The first-order chi connectivity index (χ1) is 9.84. The Morgan fingerprint density at radius 1 is 1.38 bits per heavy atom. The van der Waals surface area contributed by atoms with Crippen molar-refractivity contribution < 1.29 is 8.42 Å². The van der Waals surface area contributed by atoms with Gasteiger partial charge in [0.2, 0.25) is 10.0 Å². The van der Waals surface area contributed by atoms with Crippen molar-refractivity contribution in [2.45, 2.75) is 70.0 Å². The highest BCUT2D eigenvalue weighted by molar-refractivity contribution is 7.89. The molecule has 21 heavy (non-hydrogen) atoms. The quantitative estimate of drug-likeness (QED) is 0.872. The Morgan fingerprint density at radius 2 is 2.00 bits per heavy atom. The van der Waals surface area contributed by atoms with Gasteiger partial charge < -0.3 is 5.32 Å². The number of sulfonamides is 1. The smallest absolute Gasteiger partial charge is 0.244 e. The molecule has 1 aliphatic rings. The molecule has 0 atom stereocenters. The maximum atomic E-state index is 13.0. The third kappa shape index (κ3) is 3.67. The van der Waals surface area contributed by atoms with Gasteiger partial charge in [-0.1, -0.05) is 26.7 Å². The Balaban J connectivity index is 2.28. The van der Waals surface area contributed by atoms with Crippen LogP contribution in [0.2, 0.25) is 0 Å². The van der Waals surface area contributed by atoms with Crippen LogP contribution in [0.3, 0.4) is 0 Å². The van der Waals surface area contributed by atoms with Crippen molar-refractivity contribution in [1.82, 2.24) is 9.62 Å². The van der Waals surface area contributed by atoms with Crippen molar-refractivity contribution in [3.63, 3.8) is 0 Å². The molecule has 1 N–H and O–H groups in total. The molecule has 0 unspecified atom stereocenters. The molecular formula is C15H26N2O2S2. The molecule has 1 heterocycles. The summed E-state index contributed by atoms with van der Waals surface area (Å²) >= 11 is 1.54. The van der Waals surface area contributed by atoms with E-state index >= 15 is 0 Å². The van der Waals surface area contributed by atoms with Crippen molar-refractivity contribution in [3.05, 3.63) is 15.8 Å². The zero-order valence-corrected chi connectivity index (χ0v) is 15.0. The van der Waals surface area contributed by atoms with Gasteiger partial charge in [-0.2, -0.15) is 4.31 Å². The molecular weight excluding hydrogens is 304 g/mol. The molecule has 0 bridgehead atoms. The summed E-state index contributed by atoms with van der Waals surface area (Å²) in [6, 6.07) is 0.510. The number of thiophene rings is 1. The van der Waals surface area contributed by atoms with Crippen LogP contribution in [0.5, 0.6) is 0 Å². The lowest BCUT2D eigenvalue weighted by atomic mass is 10.3. The number of hydrogen-bond acceptors (Lipinski definition) is 4. The van der Waals surface area contributed by atoms with Crippen LogP contribution in [0, 0.1) is 6.92 Å². The summed E-state index contributed by atoms with van der Waals surface area (Å²) in [5, 5.41) is 5.27. The Morgan fingerprint density at radius 3 is 2.57 bits per heavy atom. The lowest BCUT2D eigenvalue weighted by Crippen LogP contribution is -2.36. The van der Waals surface area contributed by atoms with Crippen LogP contribution in [-0.2, 0) is 16.6 Å². The lowest BCUT2D eigenvalue weighted by molar-refractivity contribution is 0.372. The van der Waals surface area contributed by atoms with Gasteiger partial charge in [0.05, 0.1) is 0 Å². The van der Waals surface area contributed by atoms with E-state index in [1.54, 1.807) is 11.4 Å². The highest BCUT2D eigenvalue weighted by Gasteiger charge is 2.33. The van der Waals surface area contributed by atoms with Crippen molar-refractivity contribution in [3.8, 4) is 0 Å². The standard InChI is InChI=1S/C15H26N2O2S2/c1-11(2)16-9-14-15(12(3)10-20-14)21(18,19)17(4)13-7-5-6-8-13/h10-11,13,16H,5-9H2,1-4H3. The van der Waals surface area contributed by atoms with E-state index in [0.29, 0.717) is 17.5 Å². The molecule has 1 fully saturated rings. The van der Waals surface area contributed by atoms with Crippen molar-refractivity contribution >= 4 is 21.4 Å². The number of nitrogens with one attached hydrogen (secondary N) is 1. The van der Waals surface area contributed by atoms with Gasteiger partial charge in [-0.05, 0) is 30.7 Å². The van der Waals surface area contributed by atoms with E-state index in [9.17, 15) is 8.42 Å². The molecule has 1 aliphatic carbocycles. The third-order valence-electron chi connectivity index (χ3n) is 4.14. The predicted molar refractivity (Wildman–Crippen MR) is 88.2 cm³/mol. The molecule has 6 heteroatoms. The molecule has 120 valence electrons. The van der Waals surface area contributed by atoms with Gasteiger partial charge in [0.1, 0.15) is 4.90 Å². The van der Waals surface area contributed by atoms with E-state index in [0.717, 1.165) is 36.1 Å². The highest BCUT2D eigenvalue weighted by atomic mass is 32.2. The topological polar surface area (TPSA) is 49.4 Å². The summed E-state index contributed by atoms with van der Waals surface area (Å²) in [7, 11) is -1.65. The van der Waals surface area contributed by atoms with Gasteiger partial charge in [0, 0.05) is 30.6 Å². The van der Waals surface area contributed by atoms with Crippen molar-refractivity contribution in [1.29, 1.82) is 0 Å². The Bertz CT molecular complexity index is 572. The fourth-order valence-electron chi connectivity index (χ4n) is 2.86. The van der Waals surface area contributed by atoms with Crippen LogP contribution >= 0.6 is 11.3 Å². The van der Waals surface area contributed by atoms with Gasteiger partial charge in [-0.3, -0.25) is 0 Å². The van der Waals surface area contributed by atoms with Crippen LogP contribution in [0.4, 0.5) is 0 Å². The average Bonchev–Trinajstić information content (AvgIpc) is 3.04. The van der Waals surface area contributed by atoms with Crippen LogP contribution in [0.15, 0.2) is 10.3 Å². The predicted octanol–water partition coefficient (Wildman–Crippen LogP) is 3.12. The molecule has 0 amide bonds. The third-order valence-corrected chi connectivity index (χ3v) is 7.51. The second-order valence-corrected chi connectivity index (χ2v) is 9.06. The van der Waals surface area contributed by atoms with E-state index < -0.39 is 10.0 Å². The Hall–Kier alpha value is -0.430. The Labute approximate surface area is 132 Å². The number of nitrogens with zero attached hydrogens (tertiary/aromatic N) is 1. The van der Waals surface area contributed by atoms with Crippen molar-refractivity contribution in [2.24, 2.45) is 0 Å². The summed E-state index contributed by atoms with van der Waals surface area (Å²) in [5.41, 5.74) is 0.866. The minimum Gasteiger partial charge on any atom is -0.310 e. The SMILES string of the molecule is Cc1csc(CNC(C)C)c1S(=O)(=O)N(C)C1CCCC1. The van der Waals surface area contributed by atoms with E-state index in [1.165, 1.54) is 11.3 Å². The molecule has 0 saturated heterocycles. The fourth-order valence-corrected chi connectivity index (χ4v) is 5.98. The number of rotatable bonds is 6. The maximum Gasteiger partial charge on any atom is 0.244 e. The van der Waals surface area contributed by atoms with Gasteiger partial charge in [0.25, 0.3) is 0 Å². The molecule has 2 rings (SSSR count). The van der Waals surface area contributed by atoms with E-state index in [4.69, 9.17) is 0 Å². The zero-order chi connectivity index (χ0) is 15.6. The molecule has 1 aromatic heterocycles. The fraction of sp³-hybridized carbons (Fsp3) is 0.733. The first-order valence-corrected chi connectivity index (χ1v) is 9.94. The summed E-state index contributed by atoms with van der Waals surface area (Å²) in [5.74, 6) is 0. The molecule has 4 nitrogen and oxygen atoms in total. The minimum absolute atomic E-state index is 0.167. The molecule has 1 saturated carbocycles. The maximum absolute atomic E-state index is 13.0. The largest absolute Gasteiger partial charge is 0.310 e. The summed E-state index contributed by atoms with van der Waals surface area (Å²) < 4.78 is 27.5. The average molecular weight is 331 g/mol. The normalized spacial score (nSPS) is 17.2. The van der Waals surface area contributed by atoms with Gasteiger partial charge in [-0.25, -0.2) is 8.42 Å². The van der Waals surface area contributed by atoms with E-state index in [1.807, 2.05) is 12.3 Å². The molecule has 0 radical (unpaired) electrons. The number of aryl methyl sites for hydroxylation is 1. The minimum atomic E-state index is -3.38. The van der Waals surface area contributed by atoms with E-state index in [-0.39, 0.29) is 6.04 Å². The second kappa shape index (κ2) is 6.77. The Kier molecular flexibility index (Phi) is 5.46. The van der Waals surface area contributed by atoms with Crippen LogP contribution < -0.4 is 5.32 Å². The molecule has 0 spiro atoms. The first-order valence-electron chi connectivity index (χ1n) is 7.62. The molecule has 0 aromatic carbocycles. The first kappa shape index (κ1) is 16.9. The van der Waals surface area contributed by atoms with Crippen molar-refractivity contribution in [2.75, 3.05) is 7.05 Å². The highest BCUT2D eigenvalue weighted by Crippen LogP contribution is 2.33. The molecule has 0 aliphatic heterocycles. The monoisotopic (exact) mass is 330 g/mol. The number of hydrogen-bond donors (Lipinski definition) is 1. The van der Waals surface area contributed by atoms with Crippen LogP contribution in [-0.4, -0.2) is 31.9 Å². The lowest BCUT2D eigenvalue weighted by Gasteiger charge is -2.24. The van der Waals surface area contributed by atoms with Crippen LogP contribution in [0.1, 0.15) is 50.0 Å². The zero-order valence-electron chi connectivity index (χ0n) is 13.3. The molecule has 1 aromatic rings. The summed E-state index contributed by atoms with van der Waals surface area (Å²) in [6.45, 7) is 6.65. The van der Waals surface area contributed by atoms with E-state index in [2.05, 4.69) is 19.2 Å².